The third kappa shape index (κ3) is 2.55. The molecule has 2 rings (SSSR count). The molecule has 114 valence electrons. The van der Waals surface area contributed by atoms with Gasteiger partial charge >= 0.3 is 5.97 Å². The first-order valence-corrected chi connectivity index (χ1v) is 7.41. The fraction of sp³-hybridized carbons (Fsp3) is 0.867. The molecule has 0 aromatic rings. The molecule has 0 spiro atoms. The van der Waals surface area contributed by atoms with E-state index in [9.17, 15) is 9.59 Å². The second kappa shape index (κ2) is 5.35. The predicted molar refractivity (Wildman–Crippen MR) is 75.8 cm³/mol. The van der Waals surface area contributed by atoms with Crippen LogP contribution in [0.4, 0.5) is 0 Å². The lowest BCUT2D eigenvalue weighted by Crippen LogP contribution is -2.54. The lowest BCUT2D eigenvalue weighted by molar-refractivity contribution is -0.153. The van der Waals surface area contributed by atoms with Crippen molar-refractivity contribution < 1.29 is 14.3 Å². The highest BCUT2D eigenvalue weighted by atomic mass is 16.5. The third-order valence-electron chi connectivity index (χ3n) is 4.82. The zero-order valence-electron chi connectivity index (χ0n) is 12.9. The van der Waals surface area contributed by atoms with Gasteiger partial charge in [-0.3, -0.25) is 4.79 Å². The standard InChI is InChI=1S/C15H26N2O3/c1-15(2,3)12(16)13(18)17-8-9-6-5-7-10(9)11(17)14(19)20-4/h9-12H,5-8,16H2,1-4H3/t9-,10-,11-,12+/m0/s1. The van der Waals surface area contributed by atoms with E-state index in [-0.39, 0.29) is 23.2 Å². The van der Waals surface area contributed by atoms with Gasteiger partial charge in [-0.2, -0.15) is 0 Å². The number of carbonyl (C=O) groups excluding carboxylic acids is 2. The number of hydrogen-bond acceptors (Lipinski definition) is 4. The number of esters is 1. The van der Waals surface area contributed by atoms with Gasteiger partial charge in [0.25, 0.3) is 0 Å². The second-order valence-electron chi connectivity index (χ2n) is 7.16. The SMILES string of the molecule is COC(=O)[C@@H]1[C@H]2CCC[C@H]2CN1C(=O)[C@@H](N)C(C)(C)C. The molecule has 0 bridgehead atoms. The van der Waals surface area contributed by atoms with Crippen LogP contribution in [0.1, 0.15) is 40.0 Å². The molecule has 2 N–H and O–H groups in total. The molecule has 1 aliphatic carbocycles. The summed E-state index contributed by atoms with van der Waals surface area (Å²) in [5.41, 5.74) is 5.77. The predicted octanol–water partition coefficient (Wildman–Crippen LogP) is 1.16. The van der Waals surface area contributed by atoms with Gasteiger partial charge in [0.2, 0.25) is 5.91 Å². The van der Waals surface area contributed by atoms with Crippen molar-refractivity contribution in [2.75, 3.05) is 13.7 Å². The van der Waals surface area contributed by atoms with Crippen molar-refractivity contribution in [3.05, 3.63) is 0 Å². The molecule has 1 amide bonds. The molecule has 1 aliphatic heterocycles. The molecule has 5 nitrogen and oxygen atoms in total. The van der Waals surface area contributed by atoms with Gasteiger partial charge in [0.1, 0.15) is 6.04 Å². The minimum absolute atomic E-state index is 0.123. The van der Waals surface area contributed by atoms with Gasteiger partial charge in [0.15, 0.2) is 0 Å². The van der Waals surface area contributed by atoms with Crippen LogP contribution >= 0.6 is 0 Å². The van der Waals surface area contributed by atoms with Crippen LogP contribution < -0.4 is 5.73 Å². The second-order valence-corrected chi connectivity index (χ2v) is 7.16. The minimum atomic E-state index is -0.589. The fourth-order valence-electron chi connectivity index (χ4n) is 3.50. The van der Waals surface area contributed by atoms with Crippen LogP contribution in [0.3, 0.4) is 0 Å². The molecule has 1 saturated carbocycles. The van der Waals surface area contributed by atoms with Crippen molar-refractivity contribution >= 4 is 11.9 Å². The summed E-state index contributed by atoms with van der Waals surface area (Å²) in [4.78, 5) is 26.4. The fourth-order valence-corrected chi connectivity index (χ4v) is 3.50. The van der Waals surface area contributed by atoms with Crippen molar-refractivity contribution in [3.8, 4) is 0 Å². The van der Waals surface area contributed by atoms with Gasteiger partial charge in [-0.15, -0.1) is 0 Å². The Balaban J connectivity index is 2.21. The molecule has 0 unspecified atom stereocenters. The zero-order chi connectivity index (χ0) is 15.1. The van der Waals surface area contributed by atoms with Crippen LogP contribution in [0.25, 0.3) is 0 Å². The van der Waals surface area contributed by atoms with Crippen molar-refractivity contribution in [2.45, 2.75) is 52.1 Å². The van der Waals surface area contributed by atoms with Crippen LogP contribution in [0, 0.1) is 17.3 Å². The molecule has 20 heavy (non-hydrogen) atoms. The summed E-state index contributed by atoms with van der Waals surface area (Å²) in [6.45, 7) is 6.48. The maximum absolute atomic E-state index is 12.6. The molecule has 2 fully saturated rings. The van der Waals surface area contributed by atoms with Gasteiger partial charge in [-0.05, 0) is 30.1 Å². The molecular weight excluding hydrogens is 256 g/mol. The minimum Gasteiger partial charge on any atom is -0.467 e. The van der Waals surface area contributed by atoms with Gasteiger partial charge in [-0.1, -0.05) is 27.2 Å². The summed E-state index contributed by atoms with van der Waals surface area (Å²) >= 11 is 0. The molecule has 2 aliphatic rings. The molecule has 0 aromatic carbocycles. The van der Waals surface area contributed by atoms with Gasteiger partial charge in [0, 0.05) is 6.54 Å². The topological polar surface area (TPSA) is 72.6 Å². The van der Waals surface area contributed by atoms with Crippen LogP contribution in [0.2, 0.25) is 0 Å². The number of nitrogens with zero attached hydrogens (tertiary/aromatic N) is 1. The summed E-state index contributed by atoms with van der Waals surface area (Å²) in [5, 5.41) is 0. The van der Waals surface area contributed by atoms with Crippen LogP contribution in [-0.4, -0.2) is 42.5 Å². The van der Waals surface area contributed by atoms with E-state index in [0.29, 0.717) is 12.5 Å². The van der Waals surface area contributed by atoms with Gasteiger partial charge in [0.05, 0.1) is 13.2 Å². The molecule has 0 radical (unpaired) electrons. The maximum atomic E-state index is 12.6. The van der Waals surface area contributed by atoms with E-state index in [1.165, 1.54) is 7.11 Å². The average molecular weight is 282 g/mol. The number of amides is 1. The average Bonchev–Trinajstić information content (AvgIpc) is 2.94. The molecule has 4 atom stereocenters. The number of rotatable bonds is 2. The van der Waals surface area contributed by atoms with E-state index in [4.69, 9.17) is 10.5 Å². The highest BCUT2D eigenvalue weighted by molar-refractivity contribution is 5.89. The van der Waals surface area contributed by atoms with Crippen molar-refractivity contribution in [1.29, 1.82) is 0 Å². The Hall–Kier alpha value is -1.10. The molecule has 1 saturated heterocycles. The van der Waals surface area contributed by atoms with E-state index in [2.05, 4.69) is 0 Å². The Kier molecular flexibility index (Phi) is 4.09. The van der Waals surface area contributed by atoms with Crippen molar-refractivity contribution in [2.24, 2.45) is 23.0 Å². The van der Waals surface area contributed by atoms with Crippen LogP contribution in [-0.2, 0) is 14.3 Å². The maximum Gasteiger partial charge on any atom is 0.328 e. The summed E-state index contributed by atoms with van der Waals surface area (Å²) in [5.74, 6) is 0.255. The summed E-state index contributed by atoms with van der Waals surface area (Å²) < 4.78 is 4.91. The van der Waals surface area contributed by atoms with Gasteiger partial charge < -0.3 is 15.4 Å². The highest BCUT2D eigenvalue weighted by Crippen LogP contribution is 2.43. The first-order chi connectivity index (χ1) is 9.27. The lowest BCUT2D eigenvalue weighted by atomic mass is 9.86. The summed E-state index contributed by atoms with van der Waals surface area (Å²) in [6, 6.07) is -1.03. The Labute approximate surface area is 120 Å². The molecular formula is C15H26N2O3. The smallest absolute Gasteiger partial charge is 0.328 e. The van der Waals surface area contributed by atoms with Crippen molar-refractivity contribution in [1.82, 2.24) is 4.90 Å². The summed E-state index contributed by atoms with van der Waals surface area (Å²) in [6.07, 6.45) is 3.22. The van der Waals surface area contributed by atoms with E-state index in [0.717, 1.165) is 19.3 Å². The number of fused-ring (bicyclic) bond motifs is 1. The zero-order valence-corrected chi connectivity index (χ0v) is 12.9. The van der Waals surface area contributed by atoms with E-state index in [1.807, 2.05) is 20.8 Å². The van der Waals surface area contributed by atoms with Gasteiger partial charge in [-0.25, -0.2) is 4.79 Å². The number of ether oxygens (including phenoxy) is 1. The normalized spacial score (nSPS) is 31.1. The molecule has 1 heterocycles. The van der Waals surface area contributed by atoms with Crippen LogP contribution in [0.5, 0.6) is 0 Å². The Morgan fingerprint density at radius 1 is 1.30 bits per heavy atom. The monoisotopic (exact) mass is 282 g/mol. The van der Waals surface area contributed by atoms with Crippen LogP contribution in [0.15, 0.2) is 0 Å². The number of hydrogen-bond donors (Lipinski definition) is 1. The number of likely N-dealkylation sites (tertiary alicyclic amines) is 1. The molecule has 0 aromatic heterocycles. The first kappa shape index (κ1) is 15.3. The Morgan fingerprint density at radius 3 is 2.50 bits per heavy atom. The quantitative estimate of drug-likeness (QED) is 0.771. The van der Waals surface area contributed by atoms with Crippen molar-refractivity contribution in [3.63, 3.8) is 0 Å². The van der Waals surface area contributed by atoms with E-state index < -0.39 is 12.1 Å². The molecule has 5 heteroatoms. The van der Waals surface area contributed by atoms with E-state index >= 15 is 0 Å². The Morgan fingerprint density at radius 2 is 1.95 bits per heavy atom. The largest absolute Gasteiger partial charge is 0.467 e. The number of nitrogens with two attached hydrogens (primary N) is 1. The third-order valence-corrected chi connectivity index (χ3v) is 4.82. The first-order valence-electron chi connectivity index (χ1n) is 7.41. The number of methoxy groups -OCH3 is 1. The highest BCUT2D eigenvalue weighted by Gasteiger charge is 2.51. The summed E-state index contributed by atoms with van der Waals surface area (Å²) in [7, 11) is 1.39. The Bertz CT molecular complexity index is 402. The van der Waals surface area contributed by atoms with E-state index in [1.54, 1.807) is 4.90 Å². The lowest BCUT2D eigenvalue weighted by Gasteiger charge is -2.33. The number of carbonyl (C=O) groups is 2.